The van der Waals surface area contributed by atoms with Gasteiger partial charge in [0.05, 0.1) is 31.3 Å². The van der Waals surface area contributed by atoms with Gasteiger partial charge in [0.1, 0.15) is 5.69 Å². The van der Waals surface area contributed by atoms with Gasteiger partial charge in [-0.25, -0.2) is 4.98 Å². The van der Waals surface area contributed by atoms with Crippen LogP contribution in [-0.4, -0.2) is 48.6 Å². The zero-order valence-corrected chi connectivity index (χ0v) is 13.6. The Balaban J connectivity index is 1.40. The van der Waals surface area contributed by atoms with Crippen LogP contribution in [0.2, 0.25) is 0 Å². The number of amides is 1. The smallest absolute Gasteiger partial charge is 0.270 e. The maximum absolute atomic E-state index is 12.2. The maximum atomic E-state index is 12.2. The Morgan fingerprint density at radius 1 is 1.57 bits per heavy atom. The summed E-state index contributed by atoms with van der Waals surface area (Å²) in [5, 5.41) is 4.82. The molecule has 2 fully saturated rings. The topological polar surface area (TPSA) is 67.6 Å². The molecule has 2 aliphatic heterocycles. The molecular weight excluding hydrogens is 314 g/mol. The van der Waals surface area contributed by atoms with Crippen molar-refractivity contribution in [2.45, 2.75) is 6.54 Å². The zero-order valence-electron chi connectivity index (χ0n) is 12.7. The van der Waals surface area contributed by atoms with Gasteiger partial charge in [-0.2, -0.15) is 0 Å². The van der Waals surface area contributed by atoms with Crippen LogP contribution in [0.4, 0.5) is 0 Å². The molecule has 0 aliphatic carbocycles. The van der Waals surface area contributed by atoms with Crippen LogP contribution in [-0.2, 0) is 11.3 Å². The number of ether oxygens (including phenoxy) is 1. The van der Waals surface area contributed by atoms with Gasteiger partial charge in [0.25, 0.3) is 5.91 Å². The van der Waals surface area contributed by atoms with Gasteiger partial charge in [0.2, 0.25) is 0 Å². The van der Waals surface area contributed by atoms with E-state index in [1.54, 1.807) is 23.4 Å². The van der Waals surface area contributed by atoms with E-state index in [0.29, 0.717) is 24.8 Å². The molecule has 6 nitrogen and oxygen atoms in total. The number of hydrogen-bond donors (Lipinski definition) is 1. The Bertz CT molecular complexity index is 658. The third kappa shape index (κ3) is 2.91. The summed E-state index contributed by atoms with van der Waals surface area (Å²) in [6.45, 7) is 4.92. The SMILES string of the molecule is O=C(NC[C@]12COC[C@H]1CN(Cc1ccoc1)C2)c1cscn1. The van der Waals surface area contributed by atoms with E-state index in [1.165, 1.54) is 16.9 Å². The molecule has 0 bridgehead atoms. The molecule has 0 spiro atoms. The van der Waals surface area contributed by atoms with Crippen molar-refractivity contribution in [3.8, 4) is 0 Å². The molecule has 7 heteroatoms. The summed E-state index contributed by atoms with van der Waals surface area (Å²) in [5.74, 6) is 0.365. The lowest BCUT2D eigenvalue weighted by Crippen LogP contribution is -2.43. The van der Waals surface area contributed by atoms with E-state index in [9.17, 15) is 4.79 Å². The first-order valence-corrected chi connectivity index (χ1v) is 8.67. The minimum atomic E-state index is -0.0976. The molecule has 0 radical (unpaired) electrons. The molecule has 2 aromatic rings. The van der Waals surface area contributed by atoms with Crippen LogP contribution in [0.1, 0.15) is 16.1 Å². The molecule has 0 aromatic carbocycles. The summed E-state index contributed by atoms with van der Waals surface area (Å²) in [6, 6.07) is 2.00. The van der Waals surface area contributed by atoms with E-state index in [2.05, 4.69) is 15.2 Å². The van der Waals surface area contributed by atoms with Crippen molar-refractivity contribution in [3.05, 3.63) is 40.7 Å². The lowest BCUT2D eigenvalue weighted by atomic mass is 9.81. The number of rotatable bonds is 5. The van der Waals surface area contributed by atoms with Crippen LogP contribution < -0.4 is 5.32 Å². The second-order valence-corrected chi connectivity index (χ2v) is 7.15. The number of aromatic nitrogens is 1. The standard InChI is InChI=1S/C16H19N3O3S/c20-15(14-7-23-11-18-14)17-8-16-9-19(3-12-1-2-21-5-12)4-13(16)6-22-10-16/h1-2,5,7,11,13H,3-4,6,8-10H2,(H,17,20)/t13-,16+/m1/s1. The number of carbonyl (C=O) groups excluding carboxylic acids is 1. The summed E-state index contributed by atoms with van der Waals surface area (Å²) in [6.07, 6.45) is 3.50. The van der Waals surface area contributed by atoms with E-state index >= 15 is 0 Å². The number of nitrogens with zero attached hydrogens (tertiary/aromatic N) is 2. The predicted octanol–water partition coefficient (Wildman–Crippen LogP) is 1.61. The monoisotopic (exact) mass is 333 g/mol. The lowest BCUT2D eigenvalue weighted by Gasteiger charge is -2.27. The summed E-state index contributed by atoms with van der Waals surface area (Å²) < 4.78 is 10.9. The molecule has 2 saturated heterocycles. The Labute approximate surface area is 138 Å². The highest BCUT2D eigenvalue weighted by Gasteiger charge is 2.50. The molecule has 4 heterocycles. The van der Waals surface area contributed by atoms with Crippen molar-refractivity contribution in [3.63, 3.8) is 0 Å². The van der Waals surface area contributed by atoms with Gasteiger partial charge in [-0.05, 0) is 6.07 Å². The fourth-order valence-corrected chi connectivity index (χ4v) is 4.16. The number of thiazole rings is 1. The summed E-state index contributed by atoms with van der Waals surface area (Å²) in [7, 11) is 0. The highest BCUT2D eigenvalue weighted by atomic mass is 32.1. The van der Waals surface area contributed by atoms with Gasteiger partial charge < -0.3 is 14.5 Å². The van der Waals surface area contributed by atoms with Gasteiger partial charge in [-0.3, -0.25) is 9.69 Å². The molecule has 0 saturated carbocycles. The van der Waals surface area contributed by atoms with E-state index in [4.69, 9.17) is 9.15 Å². The van der Waals surface area contributed by atoms with E-state index in [1.807, 2.05) is 6.07 Å². The fourth-order valence-electron chi connectivity index (χ4n) is 3.63. The first-order chi connectivity index (χ1) is 11.3. The summed E-state index contributed by atoms with van der Waals surface area (Å²) in [5.41, 5.74) is 3.37. The number of furan rings is 1. The van der Waals surface area contributed by atoms with Crippen LogP contribution in [0.25, 0.3) is 0 Å². The number of nitrogens with one attached hydrogen (secondary N) is 1. The average molecular weight is 333 g/mol. The van der Waals surface area contributed by atoms with Gasteiger partial charge >= 0.3 is 0 Å². The first kappa shape index (κ1) is 14.9. The van der Waals surface area contributed by atoms with Crippen LogP contribution in [0, 0.1) is 11.3 Å². The van der Waals surface area contributed by atoms with Gasteiger partial charge in [0.15, 0.2) is 0 Å². The van der Waals surface area contributed by atoms with Crippen molar-refractivity contribution in [2.24, 2.45) is 11.3 Å². The quantitative estimate of drug-likeness (QED) is 0.900. The van der Waals surface area contributed by atoms with E-state index < -0.39 is 0 Å². The van der Waals surface area contributed by atoms with E-state index in [-0.39, 0.29) is 11.3 Å². The molecule has 2 atom stereocenters. The Morgan fingerprint density at radius 2 is 2.52 bits per heavy atom. The number of carbonyl (C=O) groups is 1. The van der Waals surface area contributed by atoms with Crippen molar-refractivity contribution < 1.29 is 13.9 Å². The normalized spacial score (nSPS) is 27.2. The highest BCUT2D eigenvalue weighted by molar-refractivity contribution is 7.07. The molecule has 2 aliphatic rings. The Hall–Kier alpha value is -1.70. The van der Waals surface area contributed by atoms with Crippen molar-refractivity contribution in [1.82, 2.24) is 15.2 Å². The lowest BCUT2D eigenvalue weighted by molar-refractivity contribution is 0.0900. The van der Waals surface area contributed by atoms with Crippen molar-refractivity contribution >= 4 is 17.2 Å². The summed E-state index contributed by atoms with van der Waals surface area (Å²) in [4.78, 5) is 18.6. The third-order valence-corrected chi connectivity index (χ3v) is 5.43. The molecule has 2 aromatic heterocycles. The fraction of sp³-hybridized carbons (Fsp3) is 0.500. The van der Waals surface area contributed by atoms with Gasteiger partial charge in [-0.15, -0.1) is 11.3 Å². The molecule has 122 valence electrons. The number of likely N-dealkylation sites (tertiary alicyclic amines) is 1. The minimum absolute atomic E-state index is 0.00934. The highest BCUT2D eigenvalue weighted by Crippen LogP contribution is 2.41. The second-order valence-electron chi connectivity index (χ2n) is 6.43. The molecule has 1 amide bonds. The van der Waals surface area contributed by atoms with Crippen LogP contribution in [0.3, 0.4) is 0 Å². The van der Waals surface area contributed by atoms with E-state index in [0.717, 1.165) is 26.2 Å². The van der Waals surface area contributed by atoms with Crippen molar-refractivity contribution in [2.75, 3.05) is 32.8 Å². The second kappa shape index (κ2) is 6.07. The van der Waals surface area contributed by atoms with Crippen molar-refractivity contribution in [1.29, 1.82) is 0 Å². The van der Waals surface area contributed by atoms with Crippen LogP contribution >= 0.6 is 11.3 Å². The largest absolute Gasteiger partial charge is 0.472 e. The number of fused-ring (bicyclic) bond motifs is 1. The van der Waals surface area contributed by atoms with Crippen LogP contribution in [0.15, 0.2) is 33.9 Å². The Kier molecular flexibility index (Phi) is 3.92. The molecular formula is C16H19N3O3S. The average Bonchev–Trinajstić information content (AvgIpc) is 3.29. The molecule has 23 heavy (non-hydrogen) atoms. The summed E-state index contributed by atoms with van der Waals surface area (Å²) >= 11 is 1.43. The van der Waals surface area contributed by atoms with Gasteiger partial charge in [0, 0.05) is 48.5 Å². The Morgan fingerprint density at radius 3 is 3.30 bits per heavy atom. The molecule has 4 rings (SSSR count). The van der Waals surface area contributed by atoms with Crippen LogP contribution in [0.5, 0.6) is 0 Å². The minimum Gasteiger partial charge on any atom is -0.472 e. The predicted molar refractivity (Wildman–Crippen MR) is 85.2 cm³/mol. The molecule has 1 N–H and O–H groups in total. The zero-order chi connectivity index (χ0) is 15.7. The molecule has 0 unspecified atom stereocenters. The first-order valence-electron chi connectivity index (χ1n) is 7.73. The maximum Gasteiger partial charge on any atom is 0.270 e. The number of hydrogen-bond acceptors (Lipinski definition) is 6. The third-order valence-electron chi connectivity index (χ3n) is 4.84. The van der Waals surface area contributed by atoms with Gasteiger partial charge in [-0.1, -0.05) is 0 Å².